The second kappa shape index (κ2) is 8.16. The average Bonchev–Trinajstić information content (AvgIpc) is 3.25. The Morgan fingerprint density at radius 2 is 2.07 bits per heavy atom. The third kappa shape index (κ3) is 4.52. The van der Waals surface area contributed by atoms with Crippen LogP contribution in [0.2, 0.25) is 0 Å². The highest BCUT2D eigenvalue weighted by molar-refractivity contribution is 9.10. The van der Waals surface area contributed by atoms with Crippen LogP contribution in [0, 0.1) is 6.92 Å². The van der Waals surface area contributed by atoms with E-state index in [-0.39, 0.29) is 10.6 Å². The van der Waals surface area contributed by atoms with E-state index in [2.05, 4.69) is 37.0 Å². The van der Waals surface area contributed by atoms with Gasteiger partial charge in [-0.2, -0.15) is 0 Å². The van der Waals surface area contributed by atoms with Crippen LogP contribution in [-0.2, 0) is 23.5 Å². The van der Waals surface area contributed by atoms with Gasteiger partial charge in [0, 0.05) is 35.2 Å². The van der Waals surface area contributed by atoms with Crippen molar-refractivity contribution in [3.8, 4) is 0 Å². The van der Waals surface area contributed by atoms with Crippen molar-refractivity contribution in [1.82, 2.24) is 14.3 Å². The molecule has 0 atom stereocenters. The highest BCUT2D eigenvalue weighted by Gasteiger charge is 2.20. The van der Waals surface area contributed by atoms with Crippen molar-refractivity contribution in [3.05, 3.63) is 62.8 Å². The van der Waals surface area contributed by atoms with E-state index in [9.17, 15) is 13.2 Å². The molecule has 28 heavy (non-hydrogen) atoms. The summed E-state index contributed by atoms with van der Waals surface area (Å²) in [5, 5.41) is 3.20. The van der Waals surface area contributed by atoms with Gasteiger partial charge in [-0.3, -0.25) is 10.1 Å². The van der Waals surface area contributed by atoms with Crippen LogP contribution in [0.25, 0.3) is 0 Å². The highest BCUT2D eigenvalue weighted by atomic mass is 79.9. The van der Waals surface area contributed by atoms with Gasteiger partial charge >= 0.3 is 0 Å². The number of aryl methyl sites for hydroxylation is 2. The molecule has 2 aromatic heterocycles. The summed E-state index contributed by atoms with van der Waals surface area (Å²) in [6.07, 6.45) is 3.85. The monoisotopic (exact) mass is 482 g/mol. The Kier molecular flexibility index (Phi) is 6.04. The van der Waals surface area contributed by atoms with Crippen LogP contribution in [0.3, 0.4) is 0 Å². The molecule has 2 N–H and O–H groups in total. The summed E-state index contributed by atoms with van der Waals surface area (Å²) >= 11 is 4.88. The zero-order chi connectivity index (χ0) is 20.5. The molecule has 0 fully saturated rings. The highest BCUT2D eigenvalue weighted by Crippen LogP contribution is 2.24. The molecular formula is C18H19BrN4O3S2. The number of sulfonamides is 1. The van der Waals surface area contributed by atoms with Gasteiger partial charge in [-0.1, -0.05) is 28.1 Å². The maximum atomic E-state index is 12.5. The van der Waals surface area contributed by atoms with E-state index in [1.165, 1.54) is 35.2 Å². The molecule has 0 spiro atoms. The predicted octanol–water partition coefficient (Wildman–Crippen LogP) is 3.30. The van der Waals surface area contributed by atoms with Gasteiger partial charge in [0.15, 0.2) is 5.13 Å². The van der Waals surface area contributed by atoms with Crippen LogP contribution in [0.4, 0.5) is 5.13 Å². The number of benzene rings is 1. The van der Waals surface area contributed by atoms with Gasteiger partial charge in [0.25, 0.3) is 5.91 Å². The Hall–Kier alpha value is -2.01. The summed E-state index contributed by atoms with van der Waals surface area (Å²) in [6.45, 7) is 2.04. The van der Waals surface area contributed by atoms with Crippen LogP contribution >= 0.6 is 27.3 Å². The van der Waals surface area contributed by atoms with Crippen LogP contribution in [0.5, 0.6) is 0 Å². The van der Waals surface area contributed by atoms with E-state index >= 15 is 0 Å². The maximum absolute atomic E-state index is 12.5. The molecule has 0 unspecified atom stereocenters. The standard InChI is InChI=1S/C18H19BrN4O3S2/c1-11-6-12(4-5-15(11)19)7-13-9-21-18(27-13)22-17(24)16-8-14(10-23(16)3)28(25,26)20-2/h4-6,8-10,20H,7H2,1-3H3,(H,21,22,24). The Bertz CT molecular complexity index is 1140. The van der Waals surface area contributed by atoms with Gasteiger partial charge in [-0.15, -0.1) is 11.3 Å². The SMILES string of the molecule is CNS(=O)(=O)c1cc(C(=O)Nc2ncc(Cc3ccc(Br)c(C)c3)s2)n(C)c1. The molecule has 3 aromatic rings. The maximum Gasteiger partial charge on any atom is 0.274 e. The van der Waals surface area contributed by atoms with Crippen molar-refractivity contribution in [1.29, 1.82) is 0 Å². The third-order valence-electron chi connectivity index (χ3n) is 4.17. The summed E-state index contributed by atoms with van der Waals surface area (Å²) < 4.78 is 28.6. The zero-order valence-electron chi connectivity index (χ0n) is 15.5. The second-order valence-electron chi connectivity index (χ2n) is 6.23. The summed E-state index contributed by atoms with van der Waals surface area (Å²) in [7, 11) is -0.667. The fraction of sp³-hybridized carbons (Fsp3) is 0.222. The molecule has 2 heterocycles. The van der Waals surface area contributed by atoms with E-state index < -0.39 is 15.9 Å². The van der Waals surface area contributed by atoms with Crippen LogP contribution in [0.1, 0.15) is 26.5 Å². The van der Waals surface area contributed by atoms with Gasteiger partial charge in [0.1, 0.15) is 10.6 Å². The lowest BCUT2D eigenvalue weighted by Gasteiger charge is -2.03. The van der Waals surface area contributed by atoms with Gasteiger partial charge < -0.3 is 4.57 Å². The number of nitrogens with zero attached hydrogens (tertiary/aromatic N) is 2. The molecule has 0 saturated carbocycles. The Balaban J connectivity index is 1.73. The molecule has 148 valence electrons. The minimum absolute atomic E-state index is 0.0353. The minimum Gasteiger partial charge on any atom is -0.345 e. The quantitative estimate of drug-likeness (QED) is 0.563. The topological polar surface area (TPSA) is 93.1 Å². The van der Waals surface area contributed by atoms with Gasteiger partial charge in [0.05, 0.1) is 0 Å². The van der Waals surface area contributed by atoms with Gasteiger partial charge in [-0.05, 0) is 37.2 Å². The van der Waals surface area contributed by atoms with Gasteiger partial charge in [0.2, 0.25) is 10.0 Å². The predicted molar refractivity (Wildman–Crippen MR) is 113 cm³/mol. The van der Waals surface area contributed by atoms with Crippen molar-refractivity contribution >= 4 is 48.3 Å². The molecule has 0 bridgehead atoms. The van der Waals surface area contributed by atoms with Crippen molar-refractivity contribution < 1.29 is 13.2 Å². The summed E-state index contributed by atoms with van der Waals surface area (Å²) in [5.41, 5.74) is 2.55. The molecule has 3 rings (SSSR count). The lowest BCUT2D eigenvalue weighted by atomic mass is 10.1. The number of carbonyl (C=O) groups excluding carboxylic acids is 1. The zero-order valence-corrected chi connectivity index (χ0v) is 18.7. The van der Waals surface area contributed by atoms with Crippen molar-refractivity contribution in [2.45, 2.75) is 18.2 Å². The average molecular weight is 483 g/mol. The molecule has 10 heteroatoms. The number of nitrogens with one attached hydrogen (secondary N) is 2. The fourth-order valence-corrected chi connectivity index (χ4v) is 4.54. The van der Waals surface area contributed by atoms with Gasteiger partial charge in [-0.25, -0.2) is 18.1 Å². The minimum atomic E-state index is -3.61. The van der Waals surface area contributed by atoms with Crippen molar-refractivity contribution in [2.75, 3.05) is 12.4 Å². The first kappa shape index (κ1) is 20.7. The number of halogens is 1. The number of thiazole rings is 1. The van der Waals surface area contributed by atoms with E-state index in [1.807, 2.05) is 19.1 Å². The molecule has 0 aliphatic carbocycles. The number of rotatable bonds is 6. The molecule has 0 aliphatic rings. The van der Waals surface area contributed by atoms with E-state index in [1.54, 1.807) is 13.2 Å². The number of carbonyl (C=O) groups is 1. The van der Waals surface area contributed by atoms with E-state index in [0.717, 1.165) is 26.9 Å². The smallest absolute Gasteiger partial charge is 0.274 e. The number of anilines is 1. The van der Waals surface area contributed by atoms with Crippen molar-refractivity contribution in [3.63, 3.8) is 0 Å². The second-order valence-corrected chi connectivity index (χ2v) is 10.1. The Morgan fingerprint density at radius 3 is 2.75 bits per heavy atom. The van der Waals surface area contributed by atoms with E-state index in [0.29, 0.717) is 5.13 Å². The molecule has 1 aromatic carbocycles. The first-order valence-electron chi connectivity index (χ1n) is 8.30. The number of hydrogen-bond donors (Lipinski definition) is 2. The first-order chi connectivity index (χ1) is 13.2. The van der Waals surface area contributed by atoms with Crippen LogP contribution in [0.15, 0.2) is 46.0 Å². The number of amides is 1. The molecule has 7 nitrogen and oxygen atoms in total. The fourth-order valence-electron chi connectivity index (χ4n) is 2.65. The number of aromatic nitrogens is 2. The lowest BCUT2D eigenvalue weighted by molar-refractivity contribution is 0.101. The molecule has 0 aliphatic heterocycles. The first-order valence-corrected chi connectivity index (χ1v) is 11.4. The van der Waals surface area contributed by atoms with Crippen LogP contribution in [-0.4, -0.2) is 30.9 Å². The van der Waals surface area contributed by atoms with E-state index in [4.69, 9.17) is 0 Å². The molecule has 0 radical (unpaired) electrons. The Morgan fingerprint density at radius 1 is 1.32 bits per heavy atom. The summed E-state index contributed by atoms with van der Waals surface area (Å²) in [6, 6.07) is 7.50. The van der Waals surface area contributed by atoms with Crippen LogP contribution < -0.4 is 10.0 Å². The normalized spacial score (nSPS) is 11.6. The largest absolute Gasteiger partial charge is 0.345 e. The Labute approximate surface area is 176 Å². The summed E-state index contributed by atoms with van der Waals surface area (Å²) in [5.74, 6) is -0.416. The van der Waals surface area contributed by atoms with Crippen molar-refractivity contribution in [2.24, 2.45) is 7.05 Å². The molecule has 0 saturated heterocycles. The lowest BCUT2D eigenvalue weighted by Crippen LogP contribution is -2.18. The molecular weight excluding hydrogens is 464 g/mol. The number of hydrogen-bond acceptors (Lipinski definition) is 5. The summed E-state index contributed by atoms with van der Waals surface area (Å²) in [4.78, 5) is 17.8. The molecule has 1 amide bonds. The third-order valence-corrected chi connectivity index (χ3v) is 7.35.